The number of nitrogens with zero attached hydrogens (tertiary/aromatic N) is 1. The van der Waals surface area contributed by atoms with Crippen molar-refractivity contribution in [2.45, 2.75) is 12.6 Å². The van der Waals surface area contributed by atoms with Gasteiger partial charge in [0.25, 0.3) is 0 Å². The highest BCUT2D eigenvalue weighted by atomic mass is 16.5. The summed E-state index contributed by atoms with van der Waals surface area (Å²) in [5.74, 6) is 1.18. The Morgan fingerprint density at radius 1 is 1.16 bits per heavy atom. The minimum absolute atomic E-state index is 0.284. The van der Waals surface area contributed by atoms with Crippen molar-refractivity contribution in [3.05, 3.63) is 59.7 Å². The van der Waals surface area contributed by atoms with Crippen molar-refractivity contribution in [2.75, 3.05) is 40.0 Å². The number of nitrogens with one attached hydrogen (secondary N) is 1. The van der Waals surface area contributed by atoms with Crippen LogP contribution < -0.4 is 10.1 Å². The molecule has 0 saturated carbocycles. The van der Waals surface area contributed by atoms with Crippen LogP contribution >= 0.6 is 0 Å². The Hall–Kier alpha value is -2.08. The molecular weight excluding hydrogens is 316 g/mol. The van der Waals surface area contributed by atoms with Crippen molar-refractivity contribution in [1.82, 2.24) is 10.2 Å². The van der Waals surface area contributed by atoms with E-state index in [1.54, 1.807) is 19.2 Å². The number of rotatable bonds is 7. The normalized spacial score (nSPS) is 16.5. The maximum atomic E-state index is 9.59. The first-order valence-electron chi connectivity index (χ1n) is 8.70. The lowest BCUT2D eigenvalue weighted by atomic mass is 10.0. The SMILES string of the molecule is COc1ccc([C@H](CNCc2cccc(O)c2)N2CCOCC2)cc1. The zero-order valence-corrected chi connectivity index (χ0v) is 14.6. The number of hydrogen-bond acceptors (Lipinski definition) is 5. The lowest BCUT2D eigenvalue weighted by Crippen LogP contribution is -2.42. The van der Waals surface area contributed by atoms with Crippen LogP contribution in [0, 0.1) is 0 Å². The van der Waals surface area contributed by atoms with Crippen LogP contribution in [0.15, 0.2) is 48.5 Å². The van der Waals surface area contributed by atoms with E-state index in [1.807, 2.05) is 24.3 Å². The van der Waals surface area contributed by atoms with Gasteiger partial charge in [-0.25, -0.2) is 0 Å². The van der Waals surface area contributed by atoms with Gasteiger partial charge in [-0.1, -0.05) is 24.3 Å². The Bertz CT molecular complexity index is 654. The zero-order valence-electron chi connectivity index (χ0n) is 14.6. The molecule has 2 N–H and O–H groups in total. The molecule has 0 aliphatic carbocycles. The first kappa shape index (κ1) is 17.7. The van der Waals surface area contributed by atoms with Gasteiger partial charge in [-0.15, -0.1) is 0 Å². The highest BCUT2D eigenvalue weighted by Crippen LogP contribution is 2.24. The molecule has 5 nitrogen and oxygen atoms in total. The second kappa shape index (κ2) is 8.85. The quantitative estimate of drug-likeness (QED) is 0.810. The van der Waals surface area contributed by atoms with E-state index < -0.39 is 0 Å². The first-order chi connectivity index (χ1) is 12.3. The molecule has 5 heteroatoms. The van der Waals surface area contributed by atoms with E-state index in [-0.39, 0.29) is 6.04 Å². The summed E-state index contributed by atoms with van der Waals surface area (Å²) in [4.78, 5) is 2.46. The van der Waals surface area contributed by atoms with Gasteiger partial charge in [-0.3, -0.25) is 4.90 Å². The molecule has 1 atom stereocenters. The van der Waals surface area contributed by atoms with E-state index in [1.165, 1.54) is 5.56 Å². The molecule has 2 aromatic carbocycles. The van der Waals surface area contributed by atoms with E-state index in [4.69, 9.17) is 9.47 Å². The summed E-state index contributed by atoms with van der Waals surface area (Å²) >= 11 is 0. The standard InChI is InChI=1S/C20H26N2O3/c1-24-19-7-5-17(6-8-19)20(22-9-11-25-12-10-22)15-21-14-16-3-2-4-18(23)13-16/h2-8,13,20-21,23H,9-12,14-15H2,1H3/t20-/m0/s1. The molecule has 25 heavy (non-hydrogen) atoms. The maximum Gasteiger partial charge on any atom is 0.118 e. The molecule has 0 aromatic heterocycles. The van der Waals surface area contributed by atoms with Crippen LogP contribution in [0.1, 0.15) is 17.2 Å². The topological polar surface area (TPSA) is 54.0 Å². The molecule has 1 saturated heterocycles. The van der Waals surface area contributed by atoms with E-state index >= 15 is 0 Å². The summed E-state index contributed by atoms with van der Waals surface area (Å²) in [6.45, 7) is 4.99. The third-order valence-electron chi connectivity index (χ3n) is 4.56. The molecule has 1 aliphatic rings. The number of methoxy groups -OCH3 is 1. The molecule has 0 radical (unpaired) electrons. The summed E-state index contributed by atoms with van der Waals surface area (Å²) in [5.41, 5.74) is 2.35. The van der Waals surface area contributed by atoms with E-state index in [2.05, 4.69) is 22.3 Å². The Balaban J connectivity index is 1.67. The van der Waals surface area contributed by atoms with E-state index in [9.17, 15) is 5.11 Å². The Morgan fingerprint density at radius 3 is 2.60 bits per heavy atom. The molecule has 1 fully saturated rings. The Morgan fingerprint density at radius 2 is 1.92 bits per heavy atom. The summed E-state index contributed by atoms with van der Waals surface area (Å²) in [6.07, 6.45) is 0. The number of benzene rings is 2. The van der Waals surface area contributed by atoms with Gasteiger partial charge in [0.05, 0.1) is 20.3 Å². The fourth-order valence-electron chi connectivity index (χ4n) is 3.19. The van der Waals surface area contributed by atoms with Crippen LogP contribution in [-0.2, 0) is 11.3 Å². The predicted octanol–water partition coefficient (Wildman–Crippen LogP) is 2.56. The van der Waals surface area contributed by atoms with Gasteiger partial charge in [0.15, 0.2) is 0 Å². The average molecular weight is 342 g/mol. The smallest absolute Gasteiger partial charge is 0.118 e. The van der Waals surface area contributed by atoms with Crippen LogP contribution in [0.5, 0.6) is 11.5 Å². The van der Waals surface area contributed by atoms with Gasteiger partial charge < -0.3 is 19.9 Å². The summed E-state index contributed by atoms with van der Waals surface area (Å²) in [6, 6.07) is 16.0. The van der Waals surface area contributed by atoms with Gasteiger partial charge in [-0.05, 0) is 35.4 Å². The Kier molecular flexibility index (Phi) is 6.28. The number of hydrogen-bond donors (Lipinski definition) is 2. The first-order valence-corrected chi connectivity index (χ1v) is 8.70. The monoisotopic (exact) mass is 342 g/mol. The fourth-order valence-corrected chi connectivity index (χ4v) is 3.19. The van der Waals surface area contributed by atoms with Crippen LogP contribution in [0.4, 0.5) is 0 Å². The number of morpholine rings is 1. The van der Waals surface area contributed by atoms with Crippen molar-refractivity contribution in [2.24, 2.45) is 0 Å². The number of phenols is 1. The van der Waals surface area contributed by atoms with Crippen molar-refractivity contribution >= 4 is 0 Å². The van der Waals surface area contributed by atoms with Crippen LogP contribution in [0.2, 0.25) is 0 Å². The van der Waals surface area contributed by atoms with Crippen LogP contribution in [0.25, 0.3) is 0 Å². The molecule has 3 rings (SSSR count). The summed E-state index contributed by atoms with van der Waals surface area (Å²) in [7, 11) is 1.69. The number of phenolic OH excluding ortho intramolecular Hbond substituents is 1. The second-order valence-corrected chi connectivity index (χ2v) is 6.24. The molecule has 2 aromatic rings. The van der Waals surface area contributed by atoms with Crippen molar-refractivity contribution in [1.29, 1.82) is 0 Å². The predicted molar refractivity (Wildman–Crippen MR) is 97.9 cm³/mol. The van der Waals surface area contributed by atoms with Crippen molar-refractivity contribution in [3.63, 3.8) is 0 Å². The summed E-state index contributed by atoms with van der Waals surface area (Å²) in [5, 5.41) is 13.1. The molecule has 0 spiro atoms. The van der Waals surface area contributed by atoms with E-state index in [0.29, 0.717) is 5.75 Å². The third kappa shape index (κ3) is 4.95. The molecule has 1 aliphatic heterocycles. The molecule has 0 unspecified atom stereocenters. The van der Waals surface area contributed by atoms with Gasteiger partial charge in [0.1, 0.15) is 11.5 Å². The summed E-state index contributed by atoms with van der Waals surface area (Å²) < 4.78 is 10.8. The Labute approximate surface area is 149 Å². The number of aromatic hydroxyl groups is 1. The van der Waals surface area contributed by atoms with Crippen LogP contribution in [-0.4, -0.2) is 50.0 Å². The van der Waals surface area contributed by atoms with Gasteiger partial charge >= 0.3 is 0 Å². The van der Waals surface area contributed by atoms with Gasteiger partial charge in [-0.2, -0.15) is 0 Å². The van der Waals surface area contributed by atoms with Gasteiger partial charge in [0, 0.05) is 32.2 Å². The highest BCUT2D eigenvalue weighted by molar-refractivity contribution is 5.30. The molecule has 0 bridgehead atoms. The molecular formula is C20H26N2O3. The average Bonchev–Trinajstić information content (AvgIpc) is 2.66. The zero-order chi connectivity index (χ0) is 17.5. The van der Waals surface area contributed by atoms with Crippen molar-refractivity contribution < 1.29 is 14.6 Å². The lowest BCUT2D eigenvalue weighted by molar-refractivity contribution is 0.0161. The molecule has 0 amide bonds. The minimum Gasteiger partial charge on any atom is -0.508 e. The second-order valence-electron chi connectivity index (χ2n) is 6.24. The van der Waals surface area contributed by atoms with E-state index in [0.717, 1.165) is 50.7 Å². The molecule has 1 heterocycles. The lowest BCUT2D eigenvalue weighted by Gasteiger charge is -2.35. The number of ether oxygens (including phenoxy) is 2. The highest BCUT2D eigenvalue weighted by Gasteiger charge is 2.22. The minimum atomic E-state index is 0.284. The van der Waals surface area contributed by atoms with Crippen molar-refractivity contribution in [3.8, 4) is 11.5 Å². The van der Waals surface area contributed by atoms with Crippen LogP contribution in [0.3, 0.4) is 0 Å². The molecule has 134 valence electrons. The van der Waals surface area contributed by atoms with Gasteiger partial charge in [0.2, 0.25) is 0 Å². The largest absolute Gasteiger partial charge is 0.508 e. The third-order valence-corrected chi connectivity index (χ3v) is 4.56. The fraction of sp³-hybridized carbons (Fsp3) is 0.400. The maximum absolute atomic E-state index is 9.59.